The molecular weight excluding hydrogens is 398 g/mol. The summed E-state index contributed by atoms with van der Waals surface area (Å²) in [6.07, 6.45) is 1.93. The van der Waals surface area contributed by atoms with Crippen molar-refractivity contribution in [1.82, 2.24) is 0 Å². The molecule has 0 aliphatic carbocycles. The molecule has 0 unspecified atom stereocenters. The van der Waals surface area contributed by atoms with Crippen molar-refractivity contribution >= 4 is 5.90 Å². The molecule has 0 spiro atoms. The second-order valence-electron chi connectivity index (χ2n) is 6.73. The van der Waals surface area contributed by atoms with Gasteiger partial charge in [0.05, 0.1) is 6.61 Å². The fourth-order valence-electron chi connectivity index (χ4n) is 3.87. The fourth-order valence-corrected chi connectivity index (χ4v) is 3.87. The molecule has 138 valence electrons. The van der Waals surface area contributed by atoms with Gasteiger partial charge in [-0.2, -0.15) is 0 Å². The van der Waals surface area contributed by atoms with Gasteiger partial charge in [0, 0.05) is 12.8 Å². The van der Waals surface area contributed by atoms with E-state index >= 15 is 0 Å². The van der Waals surface area contributed by atoms with Crippen LogP contribution in [0.15, 0.2) is 91.0 Å². The molecule has 4 rings (SSSR count). The predicted molar refractivity (Wildman–Crippen MR) is 105 cm³/mol. The van der Waals surface area contributed by atoms with E-state index in [-0.39, 0.29) is 22.4 Å². The maximum absolute atomic E-state index is 6.12. The molecule has 1 heterocycles. The smallest absolute Gasteiger partial charge is 0.350 e. The summed E-state index contributed by atoms with van der Waals surface area (Å²) in [6.45, 7) is 1.60. The molecule has 0 amide bonds. The molecule has 0 saturated carbocycles. The standard InChI is InChI=1S/C24H23NO.BrH/c1-4-10-20(11-5-1)16-18-25-23-24(17-19-26-23,21-12-6-2-7-13-21)22-14-8-3-9-15-22;/h1-15H,16-19H2;1H. The summed E-state index contributed by atoms with van der Waals surface area (Å²) in [7, 11) is 0. The number of hydrogen-bond acceptors (Lipinski definition) is 1. The first kappa shape index (κ1) is 19.4. The molecule has 3 heteroatoms. The van der Waals surface area contributed by atoms with Crippen LogP contribution in [0, 0.1) is 0 Å². The highest BCUT2D eigenvalue weighted by atomic mass is 79.9. The summed E-state index contributed by atoms with van der Waals surface area (Å²) in [6, 6.07) is 32.0. The van der Waals surface area contributed by atoms with Gasteiger partial charge in [0.25, 0.3) is 0 Å². The normalized spacial score (nSPS) is 16.5. The quantitative estimate of drug-likeness (QED) is 0.621. The monoisotopic (exact) mass is 421 g/mol. The molecule has 1 saturated heterocycles. The molecule has 1 aliphatic rings. The zero-order chi connectivity index (χ0) is 17.7. The van der Waals surface area contributed by atoms with Gasteiger partial charge in [-0.15, -0.1) is 0 Å². The van der Waals surface area contributed by atoms with Crippen molar-refractivity contribution in [3.8, 4) is 0 Å². The Labute approximate surface area is 171 Å². The molecule has 0 radical (unpaired) electrons. The Bertz CT molecular complexity index is 823. The van der Waals surface area contributed by atoms with Crippen LogP contribution in [0.5, 0.6) is 0 Å². The molecule has 3 aromatic rings. The van der Waals surface area contributed by atoms with Gasteiger partial charge < -0.3 is 21.7 Å². The van der Waals surface area contributed by atoms with Gasteiger partial charge in [0.15, 0.2) is 0 Å². The van der Waals surface area contributed by atoms with Gasteiger partial charge in [-0.25, -0.2) is 4.99 Å². The third kappa shape index (κ3) is 3.98. The second-order valence-corrected chi connectivity index (χ2v) is 6.73. The van der Waals surface area contributed by atoms with Gasteiger partial charge in [0.2, 0.25) is 0 Å². The van der Waals surface area contributed by atoms with E-state index in [0.29, 0.717) is 0 Å². The van der Waals surface area contributed by atoms with Gasteiger partial charge in [-0.3, -0.25) is 0 Å². The molecule has 3 aromatic carbocycles. The van der Waals surface area contributed by atoms with E-state index in [9.17, 15) is 0 Å². The summed E-state index contributed by atoms with van der Waals surface area (Å²) in [5, 5.41) is 0. The van der Waals surface area contributed by atoms with Crippen molar-refractivity contribution in [2.24, 2.45) is 0 Å². The summed E-state index contributed by atoms with van der Waals surface area (Å²) >= 11 is 0. The summed E-state index contributed by atoms with van der Waals surface area (Å²) in [5.74, 6) is 0.978. The predicted octanol–water partition coefficient (Wildman–Crippen LogP) is 0.119. The Morgan fingerprint density at radius 1 is 0.741 bits per heavy atom. The topological polar surface area (TPSA) is 23.2 Å². The van der Waals surface area contributed by atoms with Crippen LogP contribution in [0.25, 0.3) is 0 Å². The molecule has 2 nitrogen and oxygen atoms in total. The Hall–Kier alpha value is -2.39. The van der Waals surface area contributed by atoms with E-state index in [1.165, 1.54) is 16.7 Å². The zero-order valence-electron chi connectivity index (χ0n) is 15.3. The average molecular weight is 422 g/mol. The van der Waals surface area contributed by atoms with Crippen molar-refractivity contribution in [3.63, 3.8) is 0 Å². The van der Waals surface area contributed by atoms with Gasteiger partial charge in [-0.05, 0) is 16.7 Å². The number of nitrogens with one attached hydrogen (secondary N) is 1. The molecule has 1 N–H and O–H groups in total. The first-order chi connectivity index (χ1) is 12.9. The average Bonchev–Trinajstić information content (AvgIpc) is 3.15. The number of benzene rings is 3. The Kier molecular flexibility index (Phi) is 6.46. The molecule has 0 atom stereocenters. The van der Waals surface area contributed by atoms with Crippen molar-refractivity contribution in [2.75, 3.05) is 13.2 Å². The summed E-state index contributed by atoms with van der Waals surface area (Å²) in [5.41, 5.74) is 3.68. The number of hydrogen-bond donors (Lipinski definition) is 1. The Balaban J connectivity index is 0.00000210. The van der Waals surface area contributed by atoms with Crippen molar-refractivity contribution in [2.45, 2.75) is 18.3 Å². The maximum atomic E-state index is 6.12. The van der Waals surface area contributed by atoms with Crippen molar-refractivity contribution < 1.29 is 26.7 Å². The van der Waals surface area contributed by atoms with Crippen LogP contribution >= 0.6 is 0 Å². The van der Waals surface area contributed by atoms with E-state index < -0.39 is 0 Å². The first-order valence-corrected chi connectivity index (χ1v) is 9.29. The van der Waals surface area contributed by atoms with Crippen LogP contribution in [0.1, 0.15) is 23.1 Å². The Morgan fingerprint density at radius 2 is 1.26 bits per heavy atom. The lowest BCUT2D eigenvalue weighted by Gasteiger charge is -2.25. The van der Waals surface area contributed by atoms with Crippen molar-refractivity contribution in [1.29, 1.82) is 0 Å². The molecular formula is C24H24BrNO. The Morgan fingerprint density at radius 3 is 1.81 bits per heavy atom. The van der Waals surface area contributed by atoms with Gasteiger partial charge in [0.1, 0.15) is 12.0 Å². The minimum atomic E-state index is -0.223. The first-order valence-electron chi connectivity index (χ1n) is 9.29. The molecule has 27 heavy (non-hydrogen) atoms. The molecule has 1 aliphatic heterocycles. The number of rotatable bonds is 5. The van der Waals surface area contributed by atoms with E-state index in [1.807, 2.05) is 0 Å². The lowest BCUT2D eigenvalue weighted by Crippen LogP contribution is -3.00. The van der Waals surface area contributed by atoms with E-state index in [2.05, 4.69) is 96.0 Å². The van der Waals surface area contributed by atoms with Crippen LogP contribution in [0.2, 0.25) is 0 Å². The third-order valence-corrected chi connectivity index (χ3v) is 5.19. The highest BCUT2D eigenvalue weighted by Crippen LogP contribution is 2.39. The lowest BCUT2D eigenvalue weighted by atomic mass is 9.73. The number of halogens is 1. The minimum absolute atomic E-state index is 0. The largest absolute Gasteiger partial charge is 1.00 e. The second kappa shape index (κ2) is 9.01. The van der Waals surface area contributed by atoms with Crippen LogP contribution in [0.3, 0.4) is 0 Å². The fraction of sp³-hybridized carbons (Fsp3) is 0.208. The highest BCUT2D eigenvalue weighted by molar-refractivity contribution is 5.89. The highest BCUT2D eigenvalue weighted by Gasteiger charge is 2.49. The lowest BCUT2D eigenvalue weighted by molar-refractivity contribution is -0.468. The van der Waals surface area contributed by atoms with Crippen LogP contribution in [0.4, 0.5) is 0 Å². The minimum Gasteiger partial charge on any atom is -1.00 e. The van der Waals surface area contributed by atoms with Crippen LogP contribution in [-0.2, 0) is 16.6 Å². The van der Waals surface area contributed by atoms with E-state index in [4.69, 9.17) is 4.74 Å². The number of ether oxygens (including phenoxy) is 1. The maximum Gasteiger partial charge on any atom is 0.350 e. The summed E-state index contributed by atoms with van der Waals surface area (Å²) < 4.78 is 6.12. The van der Waals surface area contributed by atoms with E-state index in [0.717, 1.165) is 31.9 Å². The van der Waals surface area contributed by atoms with Crippen LogP contribution in [-0.4, -0.2) is 19.0 Å². The zero-order valence-corrected chi connectivity index (χ0v) is 16.9. The van der Waals surface area contributed by atoms with Crippen molar-refractivity contribution in [3.05, 3.63) is 108 Å². The third-order valence-electron chi connectivity index (χ3n) is 5.19. The van der Waals surface area contributed by atoms with Gasteiger partial charge in [-0.1, -0.05) is 91.0 Å². The van der Waals surface area contributed by atoms with Gasteiger partial charge >= 0.3 is 5.90 Å². The molecule has 0 aromatic heterocycles. The SMILES string of the molecule is [Br-].c1ccc(CC[NH+]=C2OCCC2(c2ccccc2)c2ccccc2)cc1. The molecule has 0 bridgehead atoms. The molecule has 1 fully saturated rings. The van der Waals surface area contributed by atoms with E-state index in [1.54, 1.807) is 0 Å². The van der Waals surface area contributed by atoms with Crippen LogP contribution < -0.4 is 22.0 Å². The summed E-state index contributed by atoms with van der Waals surface area (Å²) in [4.78, 5) is 3.61.